The van der Waals surface area contributed by atoms with Crippen LogP contribution in [0.15, 0.2) is 17.0 Å². The minimum absolute atomic E-state index is 0. The zero-order valence-corrected chi connectivity index (χ0v) is 13.6. The van der Waals surface area contributed by atoms with Crippen LogP contribution in [0.1, 0.15) is 11.1 Å². The third-order valence-corrected chi connectivity index (χ3v) is 5.27. The number of aryl methyl sites for hydroxylation is 2. The van der Waals surface area contributed by atoms with Crippen LogP contribution in [0.2, 0.25) is 5.02 Å². The van der Waals surface area contributed by atoms with E-state index in [9.17, 15) is 13.5 Å². The van der Waals surface area contributed by atoms with E-state index in [1.54, 1.807) is 26.0 Å². The Labute approximate surface area is 130 Å². The lowest BCUT2D eigenvalue weighted by molar-refractivity contribution is 0.172. The molecule has 0 saturated carbocycles. The van der Waals surface area contributed by atoms with E-state index in [4.69, 9.17) is 11.6 Å². The van der Waals surface area contributed by atoms with Crippen LogP contribution < -0.4 is 10.0 Å². The molecule has 3 N–H and O–H groups in total. The van der Waals surface area contributed by atoms with E-state index in [0.717, 1.165) is 0 Å². The Morgan fingerprint density at radius 1 is 1.30 bits per heavy atom. The van der Waals surface area contributed by atoms with Gasteiger partial charge in [0.15, 0.2) is 0 Å². The number of sulfonamides is 1. The number of aliphatic hydroxyl groups is 1. The van der Waals surface area contributed by atoms with E-state index in [2.05, 4.69) is 10.0 Å². The second-order valence-electron chi connectivity index (χ2n) is 4.82. The molecule has 0 aromatic heterocycles. The van der Waals surface area contributed by atoms with Crippen molar-refractivity contribution in [2.24, 2.45) is 0 Å². The van der Waals surface area contributed by atoms with Gasteiger partial charge in [0.2, 0.25) is 10.0 Å². The largest absolute Gasteiger partial charge is 0.390 e. The molecule has 1 aromatic rings. The van der Waals surface area contributed by atoms with Gasteiger partial charge in [-0.3, -0.25) is 0 Å². The molecule has 0 unspecified atom stereocenters. The van der Waals surface area contributed by atoms with Gasteiger partial charge in [-0.05, 0) is 37.1 Å². The molecule has 2 atom stereocenters. The van der Waals surface area contributed by atoms with Crippen molar-refractivity contribution in [2.45, 2.75) is 30.9 Å². The summed E-state index contributed by atoms with van der Waals surface area (Å²) in [6.45, 7) is 4.27. The first-order chi connectivity index (χ1) is 8.81. The fourth-order valence-electron chi connectivity index (χ4n) is 2.09. The Morgan fingerprint density at radius 2 is 1.95 bits per heavy atom. The fraction of sp³-hybridized carbons (Fsp3) is 0.500. The highest BCUT2D eigenvalue weighted by molar-refractivity contribution is 7.89. The molecule has 1 heterocycles. The van der Waals surface area contributed by atoms with Crippen molar-refractivity contribution in [3.8, 4) is 0 Å². The van der Waals surface area contributed by atoms with Gasteiger partial charge in [0.1, 0.15) is 0 Å². The highest BCUT2D eigenvalue weighted by Crippen LogP contribution is 2.24. The summed E-state index contributed by atoms with van der Waals surface area (Å²) in [5.41, 5.74) is 1.29. The first-order valence-electron chi connectivity index (χ1n) is 5.99. The van der Waals surface area contributed by atoms with E-state index < -0.39 is 22.2 Å². The van der Waals surface area contributed by atoms with Gasteiger partial charge in [0.05, 0.1) is 17.0 Å². The summed E-state index contributed by atoms with van der Waals surface area (Å²) in [6.07, 6.45) is -0.705. The minimum atomic E-state index is -3.66. The van der Waals surface area contributed by atoms with Gasteiger partial charge < -0.3 is 10.4 Å². The SMILES string of the molecule is Cc1cc(S(=O)(=O)N[C@@H]2CNC[C@H]2O)c(C)cc1Cl.Cl. The number of rotatable bonds is 3. The van der Waals surface area contributed by atoms with Crippen molar-refractivity contribution >= 4 is 34.0 Å². The summed E-state index contributed by atoms with van der Waals surface area (Å²) < 4.78 is 27.2. The summed E-state index contributed by atoms with van der Waals surface area (Å²) >= 11 is 5.96. The number of hydrogen-bond acceptors (Lipinski definition) is 4. The van der Waals surface area contributed by atoms with Crippen LogP contribution in [0.25, 0.3) is 0 Å². The molecule has 114 valence electrons. The molecule has 1 aliphatic heterocycles. The van der Waals surface area contributed by atoms with E-state index in [1.165, 1.54) is 0 Å². The molecule has 1 aliphatic rings. The first-order valence-corrected chi connectivity index (χ1v) is 7.85. The van der Waals surface area contributed by atoms with Crippen LogP contribution in [0.5, 0.6) is 0 Å². The van der Waals surface area contributed by atoms with Gasteiger partial charge in [-0.1, -0.05) is 11.6 Å². The van der Waals surface area contributed by atoms with Gasteiger partial charge in [-0.2, -0.15) is 0 Å². The molecule has 8 heteroatoms. The molecule has 0 spiro atoms. The Kier molecular flexibility index (Phi) is 5.83. The van der Waals surface area contributed by atoms with E-state index in [1.807, 2.05) is 0 Å². The first kappa shape index (κ1) is 17.7. The topological polar surface area (TPSA) is 78.4 Å². The van der Waals surface area contributed by atoms with E-state index >= 15 is 0 Å². The average molecular weight is 341 g/mol. The Bertz CT molecular complexity index is 593. The van der Waals surface area contributed by atoms with E-state index in [0.29, 0.717) is 29.2 Å². The lowest BCUT2D eigenvalue weighted by Gasteiger charge is -2.17. The normalized spacial score (nSPS) is 22.6. The smallest absolute Gasteiger partial charge is 0.241 e. The van der Waals surface area contributed by atoms with Crippen LogP contribution in [0.3, 0.4) is 0 Å². The van der Waals surface area contributed by atoms with Crippen LogP contribution in [0, 0.1) is 13.8 Å². The molecule has 1 aromatic carbocycles. The molecule has 5 nitrogen and oxygen atoms in total. The van der Waals surface area contributed by atoms with Crippen LogP contribution in [-0.4, -0.2) is 38.8 Å². The minimum Gasteiger partial charge on any atom is -0.390 e. The molecule has 1 fully saturated rings. The van der Waals surface area contributed by atoms with Gasteiger partial charge in [0, 0.05) is 18.1 Å². The van der Waals surface area contributed by atoms with Crippen LogP contribution in [0.4, 0.5) is 0 Å². The number of benzene rings is 1. The Balaban J connectivity index is 0.00000200. The number of hydrogen-bond donors (Lipinski definition) is 3. The fourth-order valence-corrected chi connectivity index (χ4v) is 3.89. The zero-order valence-electron chi connectivity index (χ0n) is 11.2. The predicted octanol–water partition coefficient (Wildman–Crippen LogP) is 0.990. The van der Waals surface area contributed by atoms with Crippen molar-refractivity contribution in [2.75, 3.05) is 13.1 Å². The summed E-state index contributed by atoms with van der Waals surface area (Å²) in [7, 11) is -3.66. The number of halogens is 2. The van der Waals surface area contributed by atoms with Crippen molar-refractivity contribution in [3.05, 3.63) is 28.3 Å². The van der Waals surface area contributed by atoms with Crippen molar-refractivity contribution in [1.29, 1.82) is 0 Å². The molecule has 2 rings (SSSR count). The van der Waals surface area contributed by atoms with Gasteiger partial charge in [-0.15, -0.1) is 12.4 Å². The quantitative estimate of drug-likeness (QED) is 0.766. The molecular formula is C12H18Cl2N2O3S. The second-order valence-corrected chi connectivity index (χ2v) is 6.91. The summed E-state index contributed by atoms with van der Waals surface area (Å²) in [6, 6.07) is 2.68. The Morgan fingerprint density at radius 3 is 2.50 bits per heavy atom. The number of aliphatic hydroxyl groups excluding tert-OH is 1. The maximum absolute atomic E-state index is 12.3. The van der Waals surface area contributed by atoms with Crippen molar-refractivity contribution < 1.29 is 13.5 Å². The van der Waals surface area contributed by atoms with Crippen molar-refractivity contribution in [1.82, 2.24) is 10.0 Å². The average Bonchev–Trinajstić information content (AvgIpc) is 2.69. The molecule has 0 radical (unpaired) electrons. The molecule has 0 bridgehead atoms. The van der Waals surface area contributed by atoms with E-state index in [-0.39, 0.29) is 17.3 Å². The highest BCUT2D eigenvalue weighted by atomic mass is 35.5. The Hall–Kier alpha value is -0.370. The highest BCUT2D eigenvalue weighted by Gasteiger charge is 2.30. The lowest BCUT2D eigenvalue weighted by Crippen LogP contribution is -2.42. The van der Waals surface area contributed by atoms with Gasteiger partial charge in [0.25, 0.3) is 0 Å². The second kappa shape index (κ2) is 6.60. The summed E-state index contributed by atoms with van der Waals surface area (Å²) in [4.78, 5) is 0.202. The monoisotopic (exact) mass is 340 g/mol. The molecule has 0 aliphatic carbocycles. The van der Waals surface area contributed by atoms with Gasteiger partial charge in [-0.25, -0.2) is 13.1 Å². The maximum Gasteiger partial charge on any atom is 0.241 e. The van der Waals surface area contributed by atoms with Crippen LogP contribution in [-0.2, 0) is 10.0 Å². The third-order valence-electron chi connectivity index (χ3n) is 3.23. The third kappa shape index (κ3) is 3.63. The summed E-state index contributed by atoms with van der Waals surface area (Å²) in [5.74, 6) is 0. The standard InChI is InChI=1S/C12H17ClN2O3S.ClH/c1-7-4-12(8(2)3-9(7)13)19(17,18)15-10-5-14-6-11(10)16;/h3-4,10-11,14-16H,5-6H2,1-2H3;1H/t10-,11-;/m1./s1. The van der Waals surface area contributed by atoms with Crippen molar-refractivity contribution in [3.63, 3.8) is 0 Å². The molecule has 1 saturated heterocycles. The molecule has 20 heavy (non-hydrogen) atoms. The predicted molar refractivity (Wildman–Crippen MR) is 81.2 cm³/mol. The zero-order chi connectivity index (χ0) is 14.2. The molecular weight excluding hydrogens is 323 g/mol. The van der Waals surface area contributed by atoms with Gasteiger partial charge >= 0.3 is 0 Å². The lowest BCUT2D eigenvalue weighted by atomic mass is 10.2. The number of nitrogens with one attached hydrogen (secondary N) is 2. The summed E-state index contributed by atoms with van der Waals surface area (Å²) in [5, 5.41) is 13.1. The molecule has 0 amide bonds. The van der Waals surface area contributed by atoms with Crippen LogP contribution >= 0.6 is 24.0 Å². The number of β-amino-alcohol motifs (C(OH)–C–C–N with tert-alkyl or cyclic N) is 1. The maximum atomic E-state index is 12.3.